The lowest BCUT2D eigenvalue weighted by atomic mass is 9.81. The van der Waals surface area contributed by atoms with Crippen LogP contribution in [0.3, 0.4) is 0 Å². The molecule has 2 aliphatic rings. The molecule has 1 aromatic rings. The zero-order valence-corrected chi connectivity index (χ0v) is 12.9. The van der Waals surface area contributed by atoms with Crippen LogP contribution in [0.2, 0.25) is 0 Å². The monoisotopic (exact) mass is 303 g/mol. The largest absolute Gasteiger partial charge is 0.466 e. The number of dihydropyridines is 1. The van der Waals surface area contributed by atoms with E-state index in [-0.39, 0.29) is 17.7 Å². The van der Waals surface area contributed by atoms with Gasteiger partial charge >= 0.3 is 5.97 Å². The molecule has 0 aromatic carbocycles. The van der Waals surface area contributed by atoms with E-state index >= 15 is 0 Å². The maximum Gasteiger partial charge on any atom is 0.335 e. The zero-order chi connectivity index (χ0) is 15.0. The molecular weight excluding hydrogens is 286 g/mol. The number of carbonyl (C=O) groups is 2. The van der Waals surface area contributed by atoms with Crippen LogP contribution in [0.25, 0.3) is 0 Å². The molecule has 4 nitrogen and oxygen atoms in total. The Morgan fingerprint density at radius 1 is 1.43 bits per heavy atom. The lowest BCUT2D eigenvalue weighted by Crippen LogP contribution is -2.31. The summed E-state index contributed by atoms with van der Waals surface area (Å²) in [6, 6.07) is 4.10. The molecule has 1 aromatic heterocycles. The van der Waals surface area contributed by atoms with E-state index < -0.39 is 0 Å². The standard InChI is InChI=1S/C16H17NO3S/c1-9-11(16(19)20-2)8-12-13(17-9)6-10(7-14(12)18)15-4-3-5-21-15/h3-5,10,17H,6-8H2,1-2H3. The molecule has 0 spiro atoms. The van der Waals surface area contributed by atoms with Crippen molar-refractivity contribution in [1.29, 1.82) is 0 Å². The first-order valence-electron chi connectivity index (χ1n) is 6.94. The number of esters is 1. The number of hydrogen-bond acceptors (Lipinski definition) is 5. The summed E-state index contributed by atoms with van der Waals surface area (Å²) in [4.78, 5) is 25.4. The third-order valence-corrected chi connectivity index (χ3v) is 5.14. The first-order valence-corrected chi connectivity index (χ1v) is 7.81. The fraction of sp³-hybridized carbons (Fsp3) is 0.375. The number of methoxy groups -OCH3 is 1. The topological polar surface area (TPSA) is 55.4 Å². The number of rotatable bonds is 2. The molecule has 5 heteroatoms. The highest BCUT2D eigenvalue weighted by Gasteiger charge is 2.33. The van der Waals surface area contributed by atoms with E-state index in [0.29, 0.717) is 18.4 Å². The molecule has 0 saturated heterocycles. The summed E-state index contributed by atoms with van der Waals surface area (Å²) in [5, 5.41) is 5.29. The second-order valence-corrected chi connectivity index (χ2v) is 6.38. The number of ketones is 1. The van der Waals surface area contributed by atoms with Crippen LogP contribution in [0, 0.1) is 0 Å². The third-order valence-electron chi connectivity index (χ3n) is 4.11. The minimum absolute atomic E-state index is 0.135. The molecule has 1 aliphatic carbocycles. The highest BCUT2D eigenvalue weighted by molar-refractivity contribution is 7.10. The first-order chi connectivity index (χ1) is 10.1. The molecule has 0 radical (unpaired) electrons. The van der Waals surface area contributed by atoms with Gasteiger partial charge in [-0.2, -0.15) is 0 Å². The lowest BCUT2D eigenvalue weighted by molar-refractivity contribution is -0.136. The highest BCUT2D eigenvalue weighted by atomic mass is 32.1. The highest BCUT2D eigenvalue weighted by Crippen LogP contribution is 2.39. The fourth-order valence-electron chi connectivity index (χ4n) is 2.97. The van der Waals surface area contributed by atoms with E-state index in [1.54, 1.807) is 11.3 Å². The Balaban J connectivity index is 1.86. The average molecular weight is 303 g/mol. The SMILES string of the molecule is COC(=O)C1=C(C)NC2=C(C1)C(=O)CC(c1cccs1)C2. The molecule has 1 unspecified atom stereocenters. The molecule has 3 rings (SSSR count). The van der Waals surface area contributed by atoms with Gasteiger partial charge in [0.2, 0.25) is 0 Å². The summed E-state index contributed by atoms with van der Waals surface area (Å²) < 4.78 is 4.79. The Morgan fingerprint density at radius 2 is 2.24 bits per heavy atom. The maximum atomic E-state index is 12.4. The number of nitrogens with one attached hydrogen (secondary N) is 1. The zero-order valence-electron chi connectivity index (χ0n) is 12.1. The van der Waals surface area contributed by atoms with Gasteiger partial charge in [0, 0.05) is 40.6 Å². The van der Waals surface area contributed by atoms with Crippen LogP contribution in [0.1, 0.15) is 37.0 Å². The molecule has 0 amide bonds. The average Bonchev–Trinajstić information content (AvgIpc) is 3.00. The van der Waals surface area contributed by atoms with Crippen molar-refractivity contribution < 1.29 is 14.3 Å². The van der Waals surface area contributed by atoms with Gasteiger partial charge < -0.3 is 10.1 Å². The Bertz CT molecular complexity index is 655. The predicted octanol–water partition coefficient (Wildman–Crippen LogP) is 2.89. The number of hydrogen-bond donors (Lipinski definition) is 1. The van der Waals surface area contributed by atoms with Crippen LogP contribution >= 0.6 is 11.3 Å². The van der Waals surface area contributed by atoms with Crippen molar-refractivity contribution in [3.05, 3.63) is 44.9 Å². The number of ether oxygens (including phenoxy) is 1. The van der Waals surface area contributed by atoms with Gasteiger partial charge in [0.05, 0.1) is 12.7 Å². The van der Waals surface area contributed by atoms with Gasteiger partial charge in [0.15, 0.2) is 5.78 Å². The van der Waals surface area contributed by atoms with E-state index in [2.05, 4.69) is 11.4 Å². The second-order valence-electron chi connectivity index (χ2n) is 5.40. The molecule has 2 heterocycles. The Hall–Kier alpha value is -1.88. The second kappa shape index (κ2) is 5.48. The fourth-order valence-corrected chi connectivity index (χ4v) is 3.80. The summed E-state index contributed by atoms with van der Waals surface area (Å²) in [6.07, 6.45) is 1.73. The lowest BCUT2D eigenvalue weighted by Gasteiger charge is -2.31. The van der Waals surface area contributed by atoms with Gasteiger partial charge in [-0.15, -0.1) is 11.3 Å². The van der Waals surface area contributed by atoms with Crippen molar-refractivity contribution >= 4 is 23.1 Å². The van der Waals surface area contributed by atoms with Gasteiger partial charge in [-0.05, 0) is 24.8 Å². The molecule has 0 saturated carbocycles. The van der Waals surface area contributed by atoms with E-state index in [1.165, 1.54) is 12.0 Å². The van der Waals surface area contributed by atoms with Crippen molar-refractivity contribution in [3.8, 4) is 0 Å². The number of Topliss-reactive ketones (excluding diaryl/α,β-unsaturated/α-hetero) is 1. The third kappa shape index (κ3) is 2.53. The van der Waals surface area contributed by atoms with Crippen molar-refractivity contribution in [3.63, 3.8) is 0 Å². The molecule has 1 N–H and O–H groups in total. The van der Waals surface area contributed by atoms with Crippen LogP contribution in [0.5, 0.6) is 0 Å². The Labute approximate surface area is 127 Å². The minimum atomic E-state index is -0.361. The van der Waals surface area contributed by atoms with Gasteiger partial charge in [0.1, 0.15) is 0 Å². The van der Waals surface area contributed by atoms with Crippen molar-refractivity contribution in [2.45, 2.75) is 32.1 Å². The summed E-state index contributed by atoms with van der Waals surface area (Å²) in [7, 11) is 1.36. The van der Waals surface area contributed by atoms with Gasteiger partial charge in [-0.3, -0.25) is 4.79 Å². The van der Waals surface area contributed by atoms with Crippen molar-refractivity contribution in [2.75, 3.05) is 7.11 Å². The van der Waals surface area contributed by atoms with E-state index in [0.717, 1.165) is 23.4 Å². The quantitative estimate of drug-likeness (QED) is 0.854. The summed E-state index contributed by atoms with van der Waals surface area (Å²) in [5.74, 6) is 0.0204. The van der Waals surface area contributed by atoms with Crippen LogP contribution in [-0.4, -0.2) is 18.9 Å². The Kier molecular flexibility index (Phi) is 3.68. The minimum Gasteiger partial charge on any atom is -0.466 e. The normalized spacial score (nSPS) is 22.0. The number of carbonyl (C=O) groups excluding carboxylic acids is 2. The predicted molar refractivity (Wildman–Crippen MR) is 80.8 cm³/mol. The Morgan fingerprint density at radius 3 is 2.90 bits per heavy atom. The van der Waals surface area contributed by atoms with Gasteiger partial charge in [0.25, 0.3) is 0 Å². The summed E-state index contributed by atoms with van der Waals surface area (Å²) in [5.41, 5.74) is 3.06. The van der Waals surface area contributed by atoms with Crippen LogP contribution in [-0.2, 0) is 14.3 Å². The van der Waals surface area contributed by atoms with Gasteiger partial charge in [-0.25, -0.2) is 4.79 Å². The number of thiophene rings is 1. The van der Waals surface area contributed by atoms with Crippen molar-refractivity contribution in [2.24, 2.45) is 0 Å². The van der Waals surface area contributed by atoms with Crippen molar-refractivity contribution in [1.82, 2.24) is 5.32 Å². The molecule has 21 heavy (non-hydrogen) atoms. The maximum absolute atomic E-state index is 12.4. The molecule has 110 valence electrons. The summed E-state index contributed by atoms with van der Waals surface area (Å²) in [6.45, 7) is 1.86. The molecule has 1 aliphatic heterocycles. The first kappa shape index (κ1) is 14.1. The smallest absolute Gasteiger partial charge is 0.335 e. The van der Waals surface area contributed by atoms with E-state index in [4.69, 9.17) is 4.74 Å². The summed E-state index contributed by atoms with van der Waals surface area (Å²) >= 11 is 1.69. The molecule has 1 atom stereocenters. The van der Waals surface area contributed by atoms with Crippen LogP contribution in [0.15, 0.2) is 40.1 Å². The van der Waals surface area contributed by atoms with Gasteiger partial charge in [-0.1, -0.05) is 6.07 Å². The van der Waals surface area contributed by atoms with Crippen LogP contribution < -0.4 is 5.32 Å². The van der Waals surface area contributed by atoms with E-state index in [1.807, 2.05) is 18.4 Å². The van der Waals surface area contributed by atoms with E-state index in [9.17, 15) is 9.59 Å². The molecule has 0 fully saturated rings. The molecule has 0 bridgehead atoms. The number of allylic oxidation sites excluding steroid dienone is 3. The van der Waals surface area contributed by atoms with Crippen LogP contribution in [0.4, 0.5) is 0 Å². The molecular formula is C16H17NO3S.